The van der Waals surface area contributed by atoms with Crippen molar-refractivity contribution in [1.82, 2.24) is 24.8 Å². The van der Waals surface area contributed by atoms with Crippen LogP contribution in [0.15, 0.2) is 36.9 Å². The number of likely N-dealkylation sites (tertiary alicyclic amines) is 1. The summed E-state index contributed by atoms with van der Waals surface area (Å²) in [5, 5.41) is 0.630. The molecule has 236 valence electrons. The summed E-state index contributed by atoms with van der Waals surface area (Å²) in [6, 6.07) is 5.81. The van der Waals surface area contributed by atoms with Crippen molar-refractivity contribution in [2.75, 3.05) is 43.9 Å². The summed E-state index contributed by atoms with van der Waals surface area (Å²) in [5.74, 6) is -0.823. The zero-order chi connectivity index (χ0) is 31.6. The first kappa shape index (κ1) is 29.7. The fourth-order valence-corrected chi connectivity index (χ4v) is 8.31. The van der Waals surface area contributed by atoms with E-state index >= 15 is 4.39 Å². The first-order chi connectivity index (χ1) is 21.6. The molecule has 4 atom stereocenters. The van der Waals surface area contributed by atoms with Crippen molar-refractivity contribution in [2.24, 2.45) is 0 Å². The van der Waals surface area contributed by atoms with Crippen LogP contribution < -0.4 is 15.4 Å². The lowest BCUT2D eigenvalue weighted by atomic mass is 9.95. The second-order valence-corrected chi connectivity index (χ2v) is 13.3. The molecule has 3 aliphatic rings. The average molecular weight is 638 g/mol. The summed E-state index contributed by atoms with van der Waals surface area (Å²) < 4.78 is 52.1. The van der Waals surface area contributed by atoms with E-state index in [9.17, 15) is 13.6 Å². The molecule has 2 aromatic heterocycles. The molecule has 2 N–H and O–H groups in total. The van der Waals surface area contributed by atoms with Gasteiger partial charge in [-0.2, -0.15) is 9.97 Å². The van der Waals surface area contributed by atoms with Gasteiger partial charge in [0.25, 0.3) is 0 Å². The van der Waals surface area contributed by atoms with Crippen molar-refractivity contribution in [1.29, 1.82) is 0 Å². The summed E-state index contributed by atoms with van der Waals surface area (Å²) in [6.07, 6.45) is 3.18. The molecule has 5 heterocycles. The number of amides is 1. The molecule has 4 aromatic rings. The SMILES string of the molecule is C=CC(=O)N1CCC(N(C)c2nc(OC[C@@]34CCCN3C[C@H](F)C4)nc3c(F)c(-c4ccc(F)c5sc(N)nc45)ccc23)C1C. The number of carbonyl (C=O) groups excluding carboxylic acids is 1. The molecule has 0 spiro atoms. The highest BCUT2D eigenvalue weighted by molar-refractivity contribution is 7.22. The molecule has 0 aliphatic carbocycles. The Labute approximate surface area is 262 Å². The number of fused-ring (bicyclic) bond motifs is 3. The molecule has 45 heavy (non-hydrogen) atoms. The number of thiazole rings is 1. The van der Waals surface area contributed by atoms with Crippen LogP contribution in [0.1, 0.15) is 32.6 Å². The van der Waals surface area contributed by atoms with E-state index < -0.39 is 23.3 Å². The number of halogens is 3. The van der Waals surface area contributed by atoms with Gasteiger partial charge < -0.3 is 20.3 Å². The molecule has 0 bridgehead atoms. The summed E-state index contributed by atoms with van der Waals surface area (Å²) in [4.78, 5) is 31.9. The summed E-state index contributed by atoms with van der Waals surface area (Å²) in [6.45, 7) is 7.51. The maximum Gasteiger partial charge on any atom is 0.319 e. The van der Waals surface area contributed by atoms with Crippen LogP contribution in [0.4, 0.5) is 24.1 Å². The number of ether oxygens (including phenoxy) is 1. The first-order valence-electron chi connectivity index (χ1n) is 15.1. The van der Waals surface area contributed by atoms with E-state index in [2.05, 4.69) is 21.4 Å². The number of hydrogen-bond acceptors (Lipinski definition) is 9. The highest BCUT2D eigenvalue weighted by Crippen LogP contribution is 2.42. The minimum atomic E-state index is -0.925. The van der Waals surface area contributed by atoms with Gasteiger partial charge in [0.15, 0.2) is 10.9 Å². The van der Waals surface area contributed by atoms with Crippen molar-refractivity contribution >= 4 is 49.3 Å². The van der Waals surface area contributed by atoms with Gasteiger partial charge in [0.1, 0.15) is 29.9 Å². The first-order valence-corrected chi connectivity index (χ1v) is 15.9. The number of carbonyl (C=O) groups is 1. The standard InChI is InChI=1S/C32H34F3N7O2S/c1-4-24(43)42-13-10-23(17(42)2)40(3)29-21-7-6-19(20-8-9-22(34)28-27(20)37-30(36)45-28)25(35)26(21)38-31(39-29)44-16-32-11-5-12-41(32)15-18(33)14-32/h4,6-9,17-18,23H,1,5,10-16H2,2-3H3,(H2,36,37)/t17?,18-,23?,32+/m1/s1. The van der Waals surface area contributed by atoms with E-state index in [0.29, 0.717) is 42.7 Å². The Morgan fingerprint density at radius 3 is 2.80 bits per heavy atom. The molecule has 3 fully saturated rings. The van der Waals surface area contributed by atoms with Crippen molar-refractivity contribution in [3.8, 4) is 17.1 Å². The minimum absolute atomic E-state index is 0.0178. The van der Waals surface area contributed by atoms with E-state index in [0.717, 1.165) is 30.7 Å². The van der Waals surface area contributed by atoms with Gasteiger partial charge in [-0.1, -0.05) is 24.0 Å². The number of alkyl halides is 1. The number of likely N-dealkylation sites (N-methyl/N-ethyl adjacent to an activating group) is 1. The van der Waals surface area contributed by atoms with Crippen LogP contribution in [0.5, 0.6) is 6.01 Å². The largest absolute Gasteiger partial charge is 0.461 e. The molecular weight excluding hydrogens is 603 g/mol. The summed E-state index contributed by atoms with van der Waals surface area (Å²) >= 11 is 1.00. The molecule has 1 amide bonds. The van der Waals surface area contributed by atoms with Gasteiger partial charge in [0, 0.05) is 49.1 Å². The number of nitrogens with zero attached hydrogens (tertiary/aromatic N) is 6. The molecule has 0 radical (unpaired) electrons. The lowest BCUT2D eigenvalue weighted by Crippen LogP contribution is -2.44. The van der Waals surface area contributed by atoms with Crippen LogP contribution in [0, 0.1) is 11.6 Å². The second kappa shape index (κ2) is 11.1. The number of rotatable bonds is 7. The van der Waals surface area contributed by atoms with Crippen LogP contribution in [0.3, 0.4) is 0 Å². The number of benzene rings is 2. The zero-order valence-corrected chi connectivity index (χ0v) is 25.9. The smallest absolute Gasteiger partial charge is 0.319 e. The van der Waals surface area contributed by atoms with E-state index in [1.807, 2.05) is 18.9 Å². The second-order valence-electron chi connectivity index (χ2n) is 12.3. The van der Waals surface area contributed by atoms with Gasteiger partial charge in [0.2, 0.25) is 5.91 Å². The summed E-state index contributed by atoms with van der Waals surface area (Å²) in [5.41, 5.74) is 6.32. The van der Waals surface area contributed by atoms with E-state index in [-0.39, 0.29) is 57.0 Å². The van der Waals surface area contributed by atoms with E-state index in [1.54, 1.807) is 17.0 Å². The Morgan fingerprint density at radius 1 is 1.20 bits per heavy atom. The Bertz CT molecular complexity index is 1840. The predicted molar refractivity (Wildman–Crippen MR) is 169 cm³/mol. The molecule has 2 unspecified atom stereocenters. The van der Waals surface area contributed by atoms with Gasteiger partial charge in [0.05, 0.1) is 21.8 Å². The van der Waals surface area contributed by atoms with Crippen molar-refractivity contribution in [2.45, 2.75) is 56.4 Å². The van der Waals surface area contributed by atoms with Gasteiger partial charge in [-0.25, -0.2) is 18.2 Å². The van der Waals surface area contributed by atoms with Crippen LogP contribution in [0.2, 0.25) is 0 Å². The van der Waals surface area contributed by atoms with Gasteiger partial charge >= 0.3 is 6.01 Å². The normalized spacial score (nSPS) is 24.9. The molecule has 7 rings (SSSR count). The fourth-order valence-electron chi connectivity index (χ4n) is 7.55. The third-order valence-electron chi connectivity index (χ3n) is 9.80. The maximum absolute atomic E-state index is 16.7. The number of aromatic nitrogens is 3. The summed E-state index contributed by atoms with van der Waals surface area (Å²) in [7, 11) is 1.87. The third kappa shape index (κ3) is 4.87. The minimum Gasteiger partial charge on any atom is -0.461 e. The third-order valence-corrected chi connectivity index (χ3v) is 10.7. The van der Waals surface area contributed by atoms with Crippen molar-refractivity contribution in [3.05, 3.63) is 48.6 Å². The van der Waals surface area contributed by atoms with Crippen molar-refractivity contribution in [3.63, 3.8) is 0 Å². The topological polar surface area (TPSA) is 101 Å². The van der Waals surface area contributed by atoms with E-state index in [4.69, 9.17) is 15.5 Å². The van der Waals surface area contributed by atoms with Crippen LogP contribution in [0.25, 0.3) is 32.2 Å². The predicted octanol–water partition coefficient (Wildman–Crippen LogP) is 5.33. The molecule has 2 aromatic carbocycles. The zero-order valence-electron chi connectivity index (χ0n) is 25.1. The Balaban J connectivity index is 1.33. The van der Waals surface area contributed by atoms with Gasteiger partial charge in [-0.05, 0) is 57.0 Å². The van der Waals surface area contributed by atoms with Gasteiger partial charge in [-0.15, -0.1) is 0 Å². The lowest BCUT2D eigenvalue weighted by molar-refractivity contribution is -0.126. The molecular formula is C32H34F3N7O2S. The molecule has 3 aliphatic heterocycles. The molecule has 0 saturated carbocycles. The number of hydrogen-bond donors (Lipinski definition) is 1. The number of nitrogen functional groups attached to an aromatic ring is 1. The quantitative estimate of drug-likeness (QED) is 0.272. The molecule has 3 saturated heterocycles. The molecule has 9 nitrogen and oxygen atoms in total. The highest BCUT2D eigenvalue weighted by atomic mass is 32.1. The Kier molecular flexibility index (Phi) is 7.35. The number of nitrogens with two attached hydrogens (primary N) is 1. The lowest BCUT2D eigenvalue weighted by Gasteiger charge is -2.33. The Hall–Kier alpha value is -3.97. The highest BCUT2D eigenvalue weighted by Gasteiger charge is 2.49. The monoisotopic (exact) mass is 637 g/mol. The van der Waals surface area contributed by atoms with Crippen LogP contribution >= 0.6 is 11.3 Å². The fraction of sp³-hybridized carbons (Fsp3) is 0.438. The van der Waals surface area contributed by atoms with Crippen molar-refractivity contribution < 1.29 is 22.7 Å². The van der Waals surface area contributed by atoms with Crippen LogP contribution in [-0.2, 0) is 4.79 Å². The van der Waals surface area contributed by atoms with Crippen LogP contribution in [-0.4, -0.2) is 87.7 Å². The number of anilines is 2. The van der Waals surface area contributed by atoms with E-state index in [1.165, 1.54) is 18.2 Å². The van der Waals surface area contributed by atoms with Gasteiger partial charge in [-0.3, -0.25) is 9.69 Å². The maximum atomic E-state index is 16.7. The average Bonchev–Trinajstić information content (AvgIpc) is 3.78. The Morgan fingerprint density at radius 2 is 2.00 bits per heavy atom. The molecule has 13 heteroatoms.